The molecule has 3 nitrogen and oxygen atoms in total. The Balaban J connectivity index is 1.16. The van der Waals surface area contributed by atoms with Crippen molar-refractivity contribution in [2.45, 2.75) is 0 Å². The van der Waals surface area contributed by atoms with E-state index in [1.54, 1.807) is 0 Å². The van der Waals surface area contributed by atoms with Gasteiger partial charge >= 0.3 is 0 Å². The monoisotopic (exact) mass is 739 g/mol. The molecule has 0 bridgehead atoms. The van der Waals surface area contributed by atoms with Crippen LogP contribution in [0, 0.1) is 0 Å². The zero-order valence-electron chi connectivity index (χ0n) is 31.7. The molecular weight excluding hydrogens is 703 g/mol. The van der Waals surface area contributed by atoms with Crippen molar-refractivity contribution in [2.24, 2.45) is 0 Å². The molecule has 1 heterocycles. The summed E-state index contributed by atoms with van der Waals surface area (Å²) >= 11 is 0. The fourth-order valence-corrected chi connectivity index (χ4v) is 7.84. The Morgan fingerprint density at radius 3 is 1.21 bits per heavy atom. The predicted octanol–water partition coefficient (Wildman–Crippen LogP) is 14.4. The Labute approximate surface area is 338 Å². The van der Waals surface area contributed by atoms with Gasteiger partial charge in [-0.15, -0.1) is 0 Å². The van der Waals surface area contributed by atoms with Crippen LogP contribution in [0.25, 0.3) is 101 Å². The molecule has 0 aliphatic heterocycles. The Bertz CT molecular complexity index is 2910. The van der Waals surface area contributed by atoms with Crippen LogP contribution >= 0.6 is 0 Å². The van der Waals surface area contributed by atoms with E-state index in [0.29, 0.717) is 17.5 Å². The first-order chi connectivity index (χ1) is 28.7. The van der Waals surface area contributed by atoms with Gasteiger partial charge in [0.2, 0.25) is 0 Å². The van der Waals surface area contributed by atoms with Crippen LogP contribution in [0.2, 0.25) is 0 Å². The minimum absolute atomic E-state index is 0.614. The van der Waals surface area contributed by atoms with E-state index in [1.807, 2.05) is 12.1 Å². The lowest BCUT2D eigenvalue weighted by Gasteiger charge is -2.16. The molecule has 0 unspecified atom stereocenters. The van der Waals surface area contributed by atoms with Crippen molar-refractivity contribution >= 4 is 10.8 Å². The molecule has 0 saturated carbocycles. The summed E-state index contributed by atoms with van der Waals surface area (Å²) < 4.78 is 0. The van der Waals surface area contributed by atoms with Crippen LogP contribution in [-0.4, -0.2) is 15.0 Å². The summed E-state index contributed by atoms with van der Waals surface area (Å²) in [6.45, 7) is 0. The summed E-state index contributed by atoms with van der Waals surface area (Å²) in [4.78, 5) is 15.7. The van der Waals surface area contributed by atoms with Gasteiger partial charge in [-0.3, -0.25) is 0 Å². The highest BCUT2D eigenvalue weighted by Gasteiger charge is 2.19. The van der Waals surface area contributed by atoms with Crippen molar-refractivity contribution in [1.82, 2.24) is 15.0 Å². The number of hydrogen-bond acceptors (Lipinski definition) is 3. The average Bonchev–Trinajstić information content (AvgIpc) is 3.32. The van der Waals surface area contributed by atoms with Gasteiger partial charge in [-0.1, -0.05) is 218 Å². The van der Waals surface area contributed by atoms with Gasteiger partial charge in [-0.05, 0) is 72.5 Å². The molecule has 272 valence electrons. The molecule has 0 fully saturated rings. The summed E-state index contributed by atoms with van der Waals surface area (Å²) in [6, 6.07) is 78.9. The van der Waals surface area contributed by atoms with Crippen molar-refractivity contribution in [1.29, 1.82) is 0 Å². The van der Waals surface area contributed by atoms with Gasteiger partial charge in [0.15, 0.2) is 17.5 Å². The third-order valence-electron chi connectivity index (χ3n) is 10.8. The maximum atomic E-state index is 5.29. The lowest BCUT2D eigenvalue weighted by Crippen LogP contribution is -2.01. The standard InChI is InChI=1S/C55H37N3/c1-4-15-38(16-5-1)40-27-31-44(32-28-40)53-56-54(45-33-29-41(30-34-45)39-17-6-2-7-18-39)58-55(57-53)52-37-46(35-36-49(52)42-19-8-3-9-20-42)48-24-12-13-25-50(48)51-26-14-22-43-21-10-11-23-47(43)51/h1-37H. The maximum absolute atomic E-state index is 5.29. The molecule has 1 aromatic heterocycles. The van der Waals surface area contributed by atoms with Gasteiger partial charge in [0.25, 0.3) is 0 Å². The summed E-state index contributed by atoms with van der Waals surface area (Å²) in [5.74, 6) is 1.85. The highest BCUT2D eigenvalue weighted by Crippen LogP contribution is 2.40. The molecular formula is C55H37N3. The lowest BCUT2D eigenvalue weighted by atomic mass is 9.89. The Hall–Kier alpha value is -7.75. The average molecular weight is 740 g/mol. The highest BCUT2D eigenvalue weighted by atomic mass is 15.0. The normalized spacial score (nSPS) is 11.1. The second kappa shape index (κ2) is 15.4. The smallest absolute Gasteiger partial charge is 0.164 e. The van der Waals surface area contributed by atoms with Crippen LogP contribution in [0.3, 0.4) is 0 Å². The molecule has 9 aromatic carbocycles. The first-order valence-electron chi connectivity index (χ1n) is 19.6. The van der Waals surface area contributed by atoms with E-state index in [0.717, 1.165) is 61.2 Å². The predicted molar refractivity (Wildman–Crippen MR) is 241 cm³/mol. The maximum Gasteiger partial charge on any atom is 0.164 e. The van der Waals surface area contributed by atoms with Crippen LogP contribution in [0.15, 0.2) is 224 Å². The third kappa shape index (κ3) is 6.87. The van der Waals surface area contributed by atoms with Gasteiger partial charge in [0.05, 0.1) is 0 Å². The summed E-state index contributed by atoms with van der Waals surface area (Å²) in [5.41, 5.74) is 14.1. The molecule has 0 aliphatic carbocycles. The summed E-state index contributed by atoms with van der Waals surface area (Å²) in [7, 11) is 0. The first kappa shape index (κ1) is 34.7. The minimum Gasteiger partial charge on any atom is -0.208 e. The Morgan fingerprint density at radius 1 is 0.207 bits per heavy atom. The molecule has 0 atom stereocenters. The van der Waals surface area contributed by atoms with E-state index in [1.165, 1.54) is 21.9 Å². The van der Waals surface area contributed by atoms with Gasteiger partial charge in [-0.2, -0.15) is 0 Å². The number of aromatic nitrogens is 3. The van der Waals surface area contributed by atoms with E-state index in [4.69, 9.17) is 15.0 Å². The van der Waals surface area contributed by atoms with Crippen LogP contribution in [0.5, 0.6) is 0 Å². The fourth-order valence-electron chi connectivity index (χ4n) is 7.84. The molecule has 0 amide bonds. The van der Waals surface area contributed by atoms with Gasteiger partial charge in [0, 0.05) is 16.7 Å². The molecule has 0 aliphatic rings. The number of rotatable bonds is 8. The molecule has 0 spiro atoms. The zero-order valence-corrected chi connectivity index (χ0v) is 31.7. The molecule has 58 heavy (non-hydrogen) atoms. The molecule has 10 rings (SSSR count). The van der Waals surface area contributed by atoms with Crippen LogP contribution in [-0.2, 0) is 0 Å². The van der Waals surface area contributed by atoms with Crippen molar-refractivity contribution in [2.75, 3.05) is 0 Å². The second-order valence-electron chi connectivity index (χ2n) is 14.4. The van der Waals surface area contributed by atoms with E-state index >= 15 is 0 Å². The molecule has 0 radical (unpaired) electrons. The fraction of sp³-hybridized carbons (Fsp3) is 0. The molecule has 3 heteroatoms. The number of benzene rings is 9. The van der Waals surface area contributed by atoms with E-state index < -0.39 is 0 Å². The lowest BCUT2D eigenvalue weighted by molar-refractivity contribution is 1.07. The van der Waals surface area contributed by atoms with Crippen molar-refractivity contribution < 1.29 is 0 Å². The summed E-state index contributed by atoms with van der Waals surface area (Å²) in [5, 5.41) is 2.44. The van der Waals surface area contributed by atoms with E-state index in [-0.39, 0.29) is 0 Å². The molecule has 10 aromatic rings. The van der Waals surface area contributed by atoms with Crippen molar-refractivity contribution in [3.8, 4) is 89.8 Å². The molecule has 0 saturated heterocycles. The highest BCUT2D eigenvalue weighted by molar-refractivity contribution is 6.01. The van der Waals surface area contributed by atoms with E-state index in [2.05, 4.69) is 212 Å². The number of fused-ring (bicyclic) bond motifs is 1. The molecule has 0 N–H and O–H groups in total. The SMILES string of the molecule is c1ccc(-c2ccc(-c3nc(-c4ccc(-c5ccccc5)cc4)nc(-c4cc(-c5ccccc5-c5cccc6ccccc56)ccc4-c4ccccc4)n3)cc2)cc1. The number of hydrogen-bond donors (Lipinski definition) is 0. The quantitative estimate of drug-likeness (QED) is 0.156. The minimum atomic E-state index is 0.614. The first-order valence-corrected chi connectivity index (χ1v) is 19.6. The topological polar surface area (TPSA) is 38.7 Å². The third-order valence-corrected chi connectivity index (χ3v) is 10.8. The van der Waals surface area contributed by atoms with Crippen LogP contribution < -0.4 is 0 Å². The number of nitrogens with zero attached hydrogens (tertiary/aromatic N) is 3. The van der Waals surface area contributed by atoms with Gasteiger partial charge in [0.1, 0.15) is 0 Å². The van der Waals surface area contributed by atoms with Crippen molar-refractivity contribution in [3.05, 3.63) is 224 Å². The second-order valence-corrected chi connectivity index (χ2v) is 14.4. The van der Waals surface area contributed by atoms with Crippen LogP contribution in [0.1, 0.15) is 0 Å². The van der Waals surface area contributed by atoms with Crippen molar-refractivity contribution in [3.63, 3.8) is 0 Å². The van der Waals surface area contributed by atoms with E-state index in [9.17, 15) is 0 Å². The van der Waals surface area contributed by atoms with Crippen LogP contribution in [0.4, 0.5) is 0 Å². The Kier molecular flexibility index (Phi) is 9.23. The summed E-state index contributed by atoms with van der Waals surface area (Å²) in [6.07, 6.45) is 0. The largest absolute Gasteiger partial charge is 0.208 e. The Morgan fingerprint density at radius 2 is 0.603 bits per heavy atom. The zero-order chi connectivity index (χ0) is 38.7. The van der Waals surface area contributed by atoms with Gasteiger partial charge < -0.3 is 0 Å². The van der Waals surface area contributed by atoms with Gasteiger partial charge in [-0.25, -0.2) is 15.0 Å².